The Morgan fingerprint density at radius 2 is 1.74 bits per heavy atom. The standard InChI is InChI=1S/C26H29F6N7O4/c27-17(28)3-4-20(40)35-21(13-1-2-13)15-9-19-34-16(11-39(19)33-10-15)22(14-5-7-26(31,32)8-6-14)36-24(41)23-25(38-43-37-23)42-12-18(29)30/h9-11,13-14,17-18,21-22H,1-8,12H2,(H,35,40)(H,36,41)/t21-,22?/m1/s1. The lowest BCUT2D eigenvalue weighted by atomic mass is 9.81. The van der Waals surface area contributed by atoms with Crippen molar-refractivity contribution < 1.29 is 45.3 Å². The van der Waals surface area contributed by atoms with E-state index in [9.17, 15) is 35.9 Å². The van der Waals surface area contributed by atoms with Crippen LogP contribution in [0.1, 0.15) is 85.2 Å². The number of nitrogens with zero attached hydrogens (tertiary/aromatic N) is 5. The Kier molecular flexibility index (Phi) is 9.05. The highest BCUT2D eigenvalue weighted by Gasteiger charge is 2.40. The number of imidazole rings is 1. The minimum atomic E-state index is -2.84. The summed E-state index contributed by atoms with van der Waals surface area (Å²) in [5.74, 6) is -5.13. The second-order valence-corrected chi connectivity index (χ2v) is 10.8. The van der Waals surface area contributed by atoms with Crippen LogP contribution in [0.5, 0.6) is 5.88 Å². The lowest BCUT2D eigenvalue weighted by Crippen LogP contribution is -2.37. The zero-order chi connectivity index (χ0) is 30.7. The van der Waals surface area contributed by atoms with E-state index in [1.54, 1.807) is 6.07 Å². The fourth-order valence-corrected chi connectivity index (χ4v) is 5.21. The summed E-state index contributed by atoms with van der Waals surface area (Å²) in [7, 11) is 0. The van der Waals surface area contributed by atoms with Gasteiger partial charge in [0.05, 0.1) is 30.2 Å². The van der Waals surface area contributed by atoms with Crippen LogP contribution in [-0.2, 0) is 4.79 Å². The first-order valence-corrected chi connectivity index (χ1v) is 13.8. The van der Waals surface area contributed by atoms with Crippen molar-refractivity contribution in [2.24, 2.45) is 11.8 Å². The van der Waals surface area contributed by atoms with Crippen LogP contribution < -0.4 is 15.4 Å². The molecule has 1 unspecified atom stereocenters. The lowest BCUT2D eigenvalue weighted by Gasteiger charge is -2.33. The summed E-state index contributed by atoms with van der Waals surface area (Å²) in [5, 5.41) is 16.7. The van der Waals surface area contributed by atoms with Crippen molar-refractivity contribution in [3.05, 3.63) is 35.4 Å². The van der Waals surface area contributed by atoms with Crippen LogP contribution >= 0.6 is 0 Å². The van der Waals surface area contributed by atoms with E-state index in [1.165, 1.54) is 16.9 Å². The molecule has 2 aliphatic rings. The Bertz CT molecular complexity index is 1420. The molecule has 2 atom stereocenters. The predicted molar refractivity (Wildman–Crippen MR) is 135 cm³/mol. The van der Waals surface area contributed by atoms with Crippen molar-refractivity contribution in [3.63, 3.8) is 0 Å². The molecule has 0 spiro atoms. The molecule has 43 heavy (non-hydrogen) atoms. The third-order valence-electron chi connectivity index (χ3n) is 7.58. The number of fused-ring (bicyclic) bond motifs is 1. The minimum Gasteiger partial charge on any atom is -0.468 e. The highest BCUT2D eigenvalue weighted by molar-refractivity contribution is 5.94. The SMILES string of the molecule is O=C(CCC(F)F)N[C@@H](c1cnn2cc(C(NC(=O)c3nonc3OCC(F)F)C3CCC(F)(F)CC3)nc2c1)C1CC1. The summed E-state index contributed by atoms with van der Waals surface area (Å²) in [5.41, 5.74) is 0.754. The van der Waals surface area contributed by atoms with Gasteiger partial charge in [-0.05, 0) is 59.5 Å². The van der Waals surface area contributed by atoms with Gasteiger partial charge in [0.15, 0.2) is 12.3 Å². The number of rotatable bonds is 13. The topological polar surface area (TPSA) is 137 Å². The maximum atomic E-state index is 14.0. The van der Waals surface area contributed by atoms with E-state index in [1.807, 2.05) is 0 Å². The van der Waals surface area contributed by atoms with Gasteiger partial charge in [-0.15, -0.1) is 0 Å². The van der Waals surface area contributed by atoms with E-state index < -0.39 is 86.0 Å². The highest BCUT2D eigenvalue weighted by Crippen LogP contribution is 2.43. The van der Waals surface area contributed by atoms with E-state index in [-0.39, 0.29) is 25.2 Å². The van der Waals surface area contributed by atoms with Gasteiger partial charge in [0, 0.05) is 25.7 Å². The van der Waals surface area contributed by atoms with Crippen LogP contribution in [0.25, 0.3) is 5.65 Å². The zero-order valence-corrected chi connectivity index (χ0v) is 22.7. The quantitative estimate of drug-likeness (QED) is 0.264. The molecule has 5 rings (SSSR count). The Morgan fingerprint density at radius 3 is 2.42 bits per heavy atom. The number of amides is 2. The molecule has 2 N–H and O–H groups in total. The molecular formula is C26H29F6N7O4. The zero-order valence-electron chi connectivity index (χ0n) is 22.7. The molecule has 2 aliphatic carbocycles. The van der Waals surface area contributed by atoms with Gasteiger partial charge in [0.1, 0.15) is 0 Å². The number of aromatic nitrogens is 5. The van der Waals surface area contributed by atoms with E-state index in [4.69, 9.17) is 4.74 Å². The van der Waals surface area contributed by atoms with E-state index in [0.29, 0.717) is 16.9 Å². The molecule has 3 heterocycles. The summed E-state index contributed by atoms with van der Waals surface area (Å²) in [6.45, 7) is -1.05. The van der Waals surface area contributed by atoms with Crippen molar-refractivity contribution in [1.82, 2.24) is 35.5 Å². The van der Waals surface area contributed by atoms with Gasteiger partial charge in [0.25, 0.3) is 18.2 Å². The summed E-state index contributed by atoms with van der Waals surface area (Å²) < 4.78 is 89.1. The number of halogens is 6. The maximum absolute atomic E-state index is 14.0. The molecule has 0 saturated heterocycles. The molecule has 0 radical (unpaired) electrons. The first kappa shape index (κ1) is 30.5. The van der Waals surface area contributed by atoms with Crippen molar-refractivity contribution in [2.75, 3.05) is 6.61 Å². The molecule has 2 fully saturated rings. The van der Waals surface area contributed by atoms with Gasteiger partial charge in [-0.1, -0.05) is 0 Å². The van der Waals surface area contributed by atoms with Gasteiger partial charge in [-0.3, -0.25) is 9.59 Å². The van der Waals surface area contributed by atoms with Gasteiger partial charge < -0.3 is 15.4 Å². The Balaban J connectivity index is 1.39. The lowest BCUT2D eigenvalue weighted by molar-refractivity contribution is -0.122. The first-order valence-electron chi connectivity index (χ1n) is 13.8. The fourth-order valence-electron chi connectivity index (χ4n) is 5.21. The third kappa shape index (κ3) is 7.73. The summed E-state index contributed by atoms with van der Waals surface area (Å²) in [6, 6.07) is 0.324. The second kappa shape index (κ2) is 12.8. The number of carbonyl (C=O) groups is 2. The average Bonchev–Trinajstić information content (AvgIpc) is 3.53. The number of ether oxygens (including phenoxy) is 1. The smallest absolute Gasteiger partial charge is 0.289 e. The third-order valence-corrected chi connectivity index (χ3v) is 7.58. The molecule has 0 aromatic carbocycles. The van der Waals surface area contributed by atoms with E-state index in [0.717, 1.165) is 12.8 Å². The molecular weight excluding hydrogens is 588 g/mol. The van der Waals surface area contributed by atoms with Gasteiger partial charge in [-0.2, -0.15) is 5.10 Å². The minimum absolute atomic E-state index is 0.0602. The van der Waals surface area contributed by atoms with Gasteiger partial charge in [0.2, 0.25) is 23.9 Å². The first-order chi connectivity index (χ1) is 20.5. The van der Waals surface area contributed by atoms with Crippen LogP contribution in [0, 0.1) is 11.8 Å². The molecule has 11 nitrogen and oxygen atoms in total. The Morgan fingerprint density at radius 1 is 1.02 bits per heavy atom. The van der Waals surface area contributed by atoms with Crippen molar-refractivity contribution in [2.45, 2.75) is 82.2 Å². The van der Waals surface area contributed by atoms with Crippen molar-refractivity contribution in [3.8, 4) is 5.88 Å². The maximum Gasteiger partial charge on any atom is 0.289 e. The molecule has 3 aromatic heterocycles. The van der Waals surface area contributed by atoms with Crippen LogP contribution in [0.15, 0.2) is 23.1 Å². The van der Waals surface area contributed by atoms with Crippen LogP contribution in [-0.4, -0.2) is 62.1 Å². The highest BCUT2D eigenvalue weighted by atomic mass is 19.3. The summed E-state index contributed by atoms with van der Waals surface area (Å²) in [4.78, 5) is 30.0. The Labute approximate surface area is 240 Å². The van der Waals surface area contributed by atoms with Crippen LogP contribution in [0.2, 0.25) is 0 Å². The number of hydrogen-bond donors (Lipinski definition) is 2. The number of alkyl halides is 6. The molecule has 3 aromatic rings. The van der Waals surface area contributed by atoms with E-state index >= 15 is 0 Å². The number of nitrogens with one attached hydrogen (secondary N) is 2. The largest absolute Gasteiger partial charge is 0.468 e. The number of hydrogen-bond acceptors (Lipinski definition) is 8. The molecule has 0 aliphatic heterocycles. The Hall–Kier alpha value is -3.92. The predicted octanol–water partition coefficient (Wildman–Crippen LogP) is 4.67. The normalized spacial score (nSPS) is 18.6. The monoisotopic (exact) mass is 617 g/mol. The summed E-state index contributed by atoms with van der Waals surface area (Å²) in [6.07, 6.45) is -2.25. The van der Waals surface area contributed by atoms with Crippen molar-refractivity contribution in [1.29, 1.82) is 0 Å². The molecule has 2 saturated carbocycles. The molecule has 2 amide bonds. The summed E-state index contributed by atoms with van der Waals surface area (Å²) >= 11 is 0. The molecule has 0 bridgehead atoms. The van der Waals surface area contributed by atoms with Crippen LogP contribution in [0.4, 0.5) is 26.3 Å². The number of carbonyl (C=O) groups excluding carboxylic acids is 2. The van der Waals surface area contributed by atoms with Crippen molar-refractivity contribution >= 4 is 17.5 Å². The fraction of sp³-hybridized carbons (Fsp3) is 0.615. The average molecular weight is 618 g/mol. The van der Waals surface area contributed by atoms with Gasteiger partial charge in [-0.25, -0.2) is 40.5 Å². The molecule has 234 valence electrons. The second-order valence-electron chi connectivity index (χ2n) is 10.8. The van der Waals surface area contributed by atoms with E-state index in [2.05, 4.69) is 35.7 Å². The molecule has 17 heteroatoms. The van der Waals surface area contributed by atoms with Crippen LogP contribution in [0.3, 0.4) is 0 Å². The van der Waals surface area contributed by atoms with Gasteiger partial charge >= 0.3 is 0 Å².